The van der Waals surface area contributed by atoms with Gasteiger partial charge in [-0.3, -0.25) is 9.78 Å². The molecule has 2 heterocycles. The number of carbonyl (C=O) groups excluding carboxylic acids is 1. The molecule has 0 aliphatic heterocycles. The molecule has 0 unspecified atom stereocenters. The second-order valence-corrected chi connectivity index (χ2v) is 7.51. The molecular weight excluding hydrogens is 415 g/mol. The third-order valence-corrected chi connectivity index (χ3v) is 5.04. The van der Waals surface area contributed by atoms with Gasteiger partial charge in [0, 0.05) is 24.2 Å². The van der Waals surface area contributed by atoms with Gasteiger partial charge in [-0.25, -0.2) is 4.39 Å². The Bertz CT molecular complexity index is 1130. The van der Waals surface area contributed by atoms with E-state index in [4.69, 9.17) is 4.74 Å². The number of ether oxygens (including phenoxy) is 1. The van der Waals surface area contributed by atoms with Crippen molar-refractivity contribution in [2.45, 2.75) is 19.4 Å². The SMILES string of the molecule is O=C(Cc1ccc(Oc2nc(Cc3ccc(F)cc3)ns2)cc1)NCc1ccccn1. The number of hydrogen-bond donors (Lipinski definition) is 1. The minimum Gasteiger partial charge on any atom is -0.430 e. The van der Waals surface area contributed by atoms with Gasteiger partial charge < -0.3 is 10.1 Å². The van der Waals surface area contributed by atoms with E-state index in [2.05, 4.69) is 19.7 Å². The van der Waals surface area contributed by atoms with Crippen LogP contribution in [-0.4, -0.2) is 20.2 Å². The molecule has 4 rings (SSSR count). The van der Waals surface area contributed by atoms with Crippen LogP contribution in [0.4, 0.5) is 4.39 Å². The van der Waals surface area contributed by atoms with Gasteiger partial charge in [0.05, 0.1) is 18.7 Å². The monoisotopic (exact) mass is 434 g/mol. The molecule has 0 fully saturated rings. The van der Waals surface area contributed by atoms with E-state index in [1.54, 1.807) is 30.5 Å². The van der Waals surface area contributed by atoms with Crippen LogP contribution in [-0.2, 0) is 24.2 Å². The molecule has 31 heavy (non-hydrogen) atoms. The van der Waals surface area contributed by atoms with E-state index in [0.717, 1.165) is 28.4 Å². The molecule has 0 bridgehead atoms. The van der Waals surface area contributed by atoms with Crippen molar-refractivity contribution in [3.63, 3.8) is 0 Å². The maximum absolute atomic E-state index is 13.0. The molecule has 0 radical (unpaired) electrons. The highest BCUT2D eigenvalue weighted by atomic mass is 32.1. The van der Waals surface area contributed by atoms with Crippen LogP contribution in [0.25, 0.3) is 0 Å². The van der Waals surface area contributed by atoms with Crippen LogP contribution in [0, 0.1) is 5.82 Å². The van der Waals surface area contributed by atoms with Gasteiger partial charge in [-0.1, -0.05) is 30.3 Å². The Kier molecular flexibility index (Phi) is 6.59. The van der Waals surface area contributed by atoms with E-state index >= 15 is 0 Å². The normalized spacial score (nSPS) is 10.6. The quantitative estimate of drug-likeness (QED) is 0.447. The zero-order valence-electron chi connectivity index (χ0n) is 16.5. The molecular formula is C23H19FN4O2S. The summed E-state index contributed by atoms with van der Waals surface area (Å²) in [5.74, 6) is 0.886. The van der Waals surface area contributed by atoms with Crippen LogP contribution in [0.15, 0.2) is 72.9 Å². The van der Waals surface area contributed by atoms with Crippen molar-refractivity contribution in [2.75, 3.05) is 0 Å². The van der Waals surface area contributed by atoms with E-state index in [1.165, 1.54) is 12.1 Å². The summed E-state index contributed by atoms with van der Waals surface area (Å²) in [5.41, 5.74) is 2.62. The maximum atomic E-state index is 13.0. The Hall–Kier alpha value is -3.65. The lowest BCUT2D eigenvalue weighted by molar-refractivity contribution is -0.120. The predicted octanol–water partition coefficient (Wildman–Crippen LogP) is 4.31. The van der Waals surface area contributed by atoms with Crippen molar-refractivity contribution < 1.29 is 13.9 Å². The van der Waals surface area contributed by atoms with Gasteiger partial charge in [0.1, 0.15) is 11.6 Å². The van der Waals surface area contributed by atoms with Crippen molar-refractivity contribution >= 4 is 17.4 Å². The van der Waals surface area contributed by atoms with Crippen molar-refractivity contribution in [1.29, 1.82) is 0 Å². The van der Waals surface area contributed by atoms with Gasteiger partial charge in [-0.05, 0) is 47.5 Å². The van der Waals surface area contributed by atoms with Gasteiger partial charge in [-0.2, -0.15) is 9.36 Å². The topological polar surface area (TPSA) is 77.0 Å². The van der Waals surface area contributed by atoms with E-state index in [-0.39, 0.29) is 18.1 Å². The Morgan fingerprint density at radius 2 is 1.77 bits per heavy atom. The summed E-state index contributed by atoms with van der Waals surface area (Å²) >= 11 is 1.16. The maximum Gasteiger partial charge on any atom is 0.298 e. The largest absolute Gasteiger partial charge is 0.430 e. The second-order valence-electron chi connectivity index (χ2n) is 6.80. The number of amides is 1. The fraction of sp³-hybridized carbons (Fsp3) is 0.130. The highest BCUT2D eigenvalue weighted by Crippen LogP contribution is 2.24. The first-order valence-electron chi connectivity index (χ1n) is 9.64. The highest BCUT2D eigenvalue weighted by Gasteiger charge is 2.09. The second kappa shape index (κ2) is 9.90. The summed E-state index contributed by atoms with van der Waals surface area (Å²) in [6, 6.07) is 19.1. The molecule has 2 aromatic carbocycles. The molecule has 1 amide bonds. The van der Waals surface area contributed by atoms with Gasteiger partial charge in [0.2, 0.25) is 5.91 Å². The summed E-state index contributed by atoms with van der Waals surface area (Å²) in [6.07, 6.45) is 2.48. The summed E-state index contributed by atoms with van der Waals surface area (Å²) in [5, 5.41) is 3.29. The van der Waals surface area contributed by atoms with E-state index in [0.29, 0.717) is 29.7 Å². The van der Waals surface area contributed by atoms with Crippen molar-refractivity contribution in [1.82, 2.24) is 19.7 Å². The van der Waals surface area contributed by atoms with Crippen LogP contribution in [0.1, 0.15) is 22.6 Å². The molecule has 0 spiro atoms. The number of hydrogen-bond acceptors (Lipinski definition) is 6. The number of rotatable bonds is 8. The molecule has 4 aromatic rings. The van der Waals surface area contributed by atoms with Gasteiger partial charge in [0.25, 0.3) is 5.19 Å². The number of halogens is 1. The molecule has 1 N–H and O–H groups in total. The fourth-order valence-corrected chi connectivity index (χ4v) is 3.42. The lowest BCUT2D eigenvalue weighted by Gasteiger charge is -2.06. The number of nitrogens with one attached hydrogen (secondary N) is 1. The molecule has 0 atom stereocenters. The molecule has 8 heteroatoms. The van der Waals surface area contributed by atoms with Gasteiger partial charge in [0.15, 0.2) is 5.82 Å². The van der Waals surface area contributed by atoms with Crippen LogP contribution in [0.2, 0.25) is 0 Å². The smallest absolute Gasteiger partial charge is 0.298 e. The van der Waals surface area contributed by atoms with E-state index in [9.17, 15) is 9.18 Å². The first-order valence-corrected chi connectivity index (χ1v) is 10.4. The third kappa shape index (κ3) is 6.16. The first-order chi connectivity index (χ1) is 15.1. The minimum absolute atomic E-state index is 0.0751. The number of benzene rings is 2. The Balaban J connectivity index is 1.28. The fourth-order valence-electron chi connectivity index (χ4n) is 2.85. The standard InChI is InChI=1S/C23H19FN4O2S/c24-18-8-4-16(5-9-18)13-21-27-23(31-28-21)30-20-10-6-17(7-11-20)14-22(29)26-15-19-3-1-2-12-25-19/h1-12H,13-15H2,(H,26,29). The number of carbonyl (C=O) groups is 1. The highest BCUT2D eigenvalue weighted by molar-refractivity contribution is 7.07. The Morgan fingerprint density at radius 1 is 1.00 bits per heavy atom. The van der Waals surface area contributed by atoms with E-state index < -0.39 is 0 Å². The Morgan fingerprint density at radius 3 is 2.52 bits per heavy atom. The number of pyridine rings is 1. The van der Waals surface area contributed by atoms with Crippen molar-refractivity contribution in [3.05, 3.63) is 101 Å². The summed E-state index contributed by atoms with van der Waals surface area (Å²) < 4.78 is 23.0. The lowest BCUT2D eigenvalue weighted by Crippen LogP contribution is -2.24. The zero-order valence-corrected chi connectivity index (χ0v) is 17.3. The third-order valence-electron chi connectivity index (χ3n) is 4.41. The average molecular weight is 434 g/mol. The molecule has 0 aliphatic carbocycles. The lowest BCUT2D eigenvalue weighted by atomic mass is 10.1. The van der Waals surface area contributed by atoms with Crippen LogP contribution < -0.4 is 10.1 Å². The summed E-state index contributed by atoms with van der Waals surface area (Å²) in [4.78, 5) is 20.7. The predicted molar refractivity (Wildman–Crippen MR) is 115 cm³/mol. The molecule has 6 nitrogen and oxygen atoms in total. The van der Waals surface area contributed by atoms with E-state index in [1.807, 2.05) is 30.3 Å². The van der Waals surface area contributed by atoms with Gasteiger partial charge in [-0.15, -0.1) is 0 Å². The minimum atomic E-state index is -0.270. The molecule has 0 aliphatic rings. The first kappa shape index (κ1) is 20.6. The summed E-state index contributed by atoms with van der Waals surface area (Å²) in [6.45, 7) is 0.401. The number of nitrogens with zero attached hydrogens (tertiary/aromatic N) is 3. The van der Waals surface area contributed by atoms with Crippen molar-refractivity contribution in [3.8, 4) is 10.9 Å². The molecule has 0 saturated heterocycles. The molecule has 0 saturated carbocycles. The Labute approximate surface area is 182 Å². The van der Waals surface area contributed by atoms with Gasteiger partial charge >= 0.3 is 0 Å². The van der Waals surface area contributed by atoms with Crippen LogP contribution in [0.5, 0.6) is 10.9 Å². The molecule has 156 valence electrons. The van der Waals surface area contributed by atoms with Crippen molar-refractivity contribution in [2.24, 2.45) is 0 Å². The zero-order chi connectivity index (χ0) is 21.5. The van der Waals surface area contributed by atoms with Crippen LogP contribution >= 0.6 is 11.5 Å². The molecule has 2 aromatic heterocycles. The van der Waals surface area contributed by atoms with Crippen LogP contribution in [0.3, 0.4) is 0 Å². The summed E-state index contributed by atoms with van der Waals surface area (Å²) in [7, 11) is 0. The average Bonchev–Trinajstić information content (AvgIpc) is 3.23. The number of aromatic nitrogens is 3.